The molecule has 0 fully saturated rings. The van der Waals surface area contributed by atoms with E-state index in [0.29, 0.717) is 5.57 Å². The maximum Gasteiger partial charge on any atom is 0.101 e. The molecule has 2 heteroatoms. The highest BCUT2D eigenvalue weighted by atomic mass is 14.8. The predicted octanol–water partition coefficient (Wildman–Crippen LogP) is 1.89. The van der Waals surface area contributed by atoms with Gasteiger partial charge in [-0.25, -0.2) is 0 Å². The molecular formula is C10H12N2. The molecule has 0 aromatic rings. The van der Waals surface area contributed by atoms with Crippen LogP contribution in [-0.2, 0) is 0 Å². The minimum atomic E-state index is 0.712. The number of nitrogens with one attached hydrogen (secondary N) is 1. The molecule has 2 nitrogen and oxygen atoms in total. The number of nitrogens with zero attached hydrogens (tertiary/aromatic N) is 1. The normalized spacial score (nSPS) is 16.6. The van der Waals surface area contributed by atoms with Crippen molar-refractivity contribution in [3.63, 3.8) is 0 Å². The first-order chi connectivity index (χ1) is 5.77. The fourth-order valence-electron chi connectivity index (χ4n) is 1.17. The molecule has 0 amide bonds. The molecule has 0 saturated heterocycles. The second-order valence-corrected chi connectivity index (χ2v) is 2.72. The molecule has 0 unspecified atom stereocenters. The van der Waals surface area contributed by atoms with Crippen molar-refractivity contribution in [2.45, 2.75) is 13.3 Å². The average molecular weight is 160 g/mol. The second-order valence-electron chi connectivity index (χ2n) is 2.72. The first kappa shape index (κ1) is 8.61. The Morgan fingerprint density at radius 1 is 1.50 bits per heavy atom. The first-order valence-electron chi connectivity index (χ1n) is 3.94. The van der Waals surface area contributed by atoms with Gasteiger partial charge in [0.05, 0.1) is 5.57 Å². The van der Waals surface area contributed by atoms with Crippen LogP contribution in [0.3, 0.4) is 0 Å². The van der Waals surface area contributed by atoms with Crippen molar-refractivity contribution in [1.82, 2.24) is 5.32 Å². The van der Waals surface area contributed by atoms with E-state index >= 15 is 0 Å². The number of likely N-dealkylation sites (N-methyl/N-ethyl adjacent to an activating group) is 1. The van der Waals surface area contributed by atoms with Gasteiger partial charge in [-0.1, -0.05) is 17.7 Å². The Kier molecular flexibility index (Phi) is 2.71. The van der Waals surface area contributed by atoms with Gasteiger partial charge >= 0.3 is 0 Å². The summed E-state index contributed by atoms with van der Waals surface area (Å²) in [7, 11) is 1.83. The van der Waals surface area contributed by atoms with Gasteiger partial charge in [-0.05, 0) is 19.4 Å². The van der Waals surface area contributed by atoms with Crippen molar-refractivity contribution in [3.8, 4) is 6.07 Å². The zero-order valence-corrected chi connectivity index (χ0v) is 7.39. The van der Waals surface area contributed by atoms with E-state index in [1.54, 1.807) is 0 Å². The molecule has 0 atom stereocenters. The Labute approximate surface area is 72.9 Å². The van der Waals surface area contributed by atoms with Gasteiger partial charge in [-0.15, -0.1) is 0 Å². The molecule has 0 radical (unpaired) electrons. The highest BCUT2D eigenvalue weighted by molar-refractivity contribution is 5.46. The average Bonchev–Trinajstić information content (AvgIpc) is 2.26. The van der Waals surface area contributed by atoms with E-state index in [0.717, 1.165) is 17.7 Å². The number of rotatable bonds is 1. The maximum absolute atomic E-state index is 8.81. The van der Waals surface area contributed by atoms with Crippen LogP contribution in [0, 0.1) is 11.3 Å². The summed E-state index contributed by atoms with van der Waals surface area (Å²) < 4.78 is 0. The van der Waals surface area contributed by atoms with Crippen LogP contribution in [0.15, 0.2) is 35.1 Å². The molecule has 0 spiro atoms. The molecule has 0 bridgehead atoms. The Morgan fingerprint density at radius 3 is 2.83 bits per heavy atom. The summed E-state index contributed by atoms with van der Waals surface area (Å²) in [4.78, 5) is 0. The zero-order valence-electron chi connectivity index (χ0n) is 7.39. The lowest BCUT2D eigenvalue weighted by Gasteiger charge is -2.02. The van der Waals surface area contributed by atoms with E-state index in [1.165, 1.54) is 0 Å². The molecule has 0 aliphatic heterocycles. The molecule has 0 heterocycles. The molecule has 1 rings (SSSR count). The minimum absolute atomic E-state index is 0.712. The van der Waals surface area contributed by atoms with Crippen LogP contribution in [0.1, 0.15) is 13.3 Å². The van der Waals surface area contributed by atoms with Crippen molar-refractivity contribution in [3.05, 3.63) is 35.1 Å². The second kappa shape index (κ2) is 3.77. The molecule has 0 aromatic heterocycles. The number of nitriles is 1. The van der Waals surface area contributed by atoms with E-state index in [-0.39, 0.29) is 0 Å². The van der Waals surface area contributed by atoms with Gasteiger partial charge in [0.1, 0.15) is 6.07 Å². The third kappa shape index (κ3) is 1.76. The third-order valence-electron chi connectivity index (χ3n) is 1.81. The lowest BCUT2D eigenvalue weighted by atomic mass is 10.1. The lowest BCUT2D eigenvalue weighted by molar-refractivity contribution is 1.00. The SMILES string of the molecule is CNC1=CCC=C(C)C=C1C#N. The summed E-state index contributed by atoms with van der Waals surface area (Å²) in [5.41, 5.74) is 2.78. The summed E-state index contributed by atoms with van der Waals surface area (Å²) in [6, 6.07) is 2.16. The van der Waals surface area contributed by atoms with Crippen molar-refractivity contribution in [2.24, 2.45) is 0 Å². The van der Waals surface area contributed by atoms with Crippen LogP contribution in [0.25, 0.3) is 0 Å². The molecule has 1 aliphatic carbocycles. The summed E-state index contributed by atoms with van der Waals surface area (Å²) in [5.74, 6) is 0. The van der Waals surface area contributed by atoms with Crippen LogP contribution >= 0.6 is 0 Å². The van der Waals surface area contributed by atoms with Gasteiger partial charge in [-0.3, -0.25) is 0 Å². The summed E-state index contributed by atoms with van der Waals surface area (Å²) in [5, 5.41) is 11.8. The highest BCUT2D eigenvalue weighted by Crippen LogP contribution is 2.14. The molecule has 1 N–H and O–H groups in total. The minimum Gasteiger partial charge on any atom is -0.387 e. The highest BCUT2D eigenvalue weighted by Gasteiger charge is 2.03. The van der Waals surface area contributed by atoms with Crippen LogP contribution in [-0.4, -0.2) is 7.05 Å². The predicted molar refractivity (Wildman–Crippen MR) is 49.2 cm³/mol. The Balaban J connectivity index is 3.02. The monoisotopic (exact) mass is 160 g/mol. The fraction of sp³-hybridized carbons (Fsp3) is 0.300. The Hall–Kier alpha value is -1.49. The van der Waals surface area contributed by atoms with Crippen LogP contribution in [0.5, 0.6) is 0 Å². The van der Waals surface area contributed by atoms with Crippen LogP contribution in [0.4, 0.5) is 0 Å². The lowest BCUT2D eigenvalue weighted by Crippen LogP contribution is -2.07. The summed E-state index contributed by atoms with van der Waals surface area (Å²) in [6.07, 6.45) is 6.91. The molecular weight excluding hydrogens is 148 g/mol. The number of hydrogen-bond donors (Lipinski definition) is 1. The van der Waals surface area contributed by atoms with E-state index in [9.17, 15) is 0 Å². The van der Waals surface area contributed by atoms with Gasteiger partial charge in [0.2, 0.25) is 0 Å². The van der Waals surface area contributed by atoms with E-state index in [1.807, 2.05) is 26.1 Å². The topological polar surface area (TPSA) is 35.8 Å². The number of allylic oxidation sites excluding steroid dienone is 5. The van der Waals surface area contributed by atoms with Crippen molar-refractivity contribution >= 4 is 0 Å². The van der Waals surface area contributed by atoms with Crippen LogP contribution < -0.4 is 5.32 Å². The fourth-order valence-corrected chi connectivity index (χ4v) is 1.17. The van der Waals surface area contributed by atoms with Crippen molar-refractivity contribution in [1.29, 1.82) is 5.26 Å². The quantitative estimate of drug-likeness (QED) is 0.635. The van der Waals surface area contributed by atoms with Crippen molar-refractivity contribution < 1.29 is 0 Å². The smallest absolute Gasteiger partial charge is 0.101 e. The molecule has 62 valence electrons. The third-order valence-corrected chi connectivity index (χ3v) is 1.81. The van der Waals surface area contributed by atoms with Gasteiger partial charge in [0.15, 0.2) is 0 Å². The van der Waals surface area contributed by atoms with Gasteiger partial charge < -0.3 is 5.32 Å². The molecule has 0 aromatic carbocycles. The molecule has 0 saturated carbocycles. The maximum atomic E-state index is 8.81. The van der Waals surface area contributed by atoms with Gasteiger partial charge in [0, 0.05) is 12.7 Å². The largest absolute Gasteiger partial charge is 0.387 e. The van der Waals surface area contributed by atoms with Crippen LogP contribution in [0.2, 0.25) is 0 Å². The molecule has 1 aliphatic rings. The van der Waals surface area contributed by atoms with E-state index in [4.69, 9.17) is 5.26 Å². The Morgan fingerprint density at radius 2 is 2.25 bits per heavy atom. The molecule has 12 heavy (non-hydrogen) atoms. The first-order valence-corrected chi connectivity index (χ1v) is 3.94. The standard InChI is InChI=1S/C10H12N2/c1-8-4-3-5-10(12-2)9(6-8)7-11/h4-6,12H,3H2,1-2H3. The van der Waals surface area contributed by atoms with E-state index in [2.05, 4.69) is 17.5 Å². The van der Waals surface area contributed by atoms with Gasteiger partial charge in [-0.2, -0.15) is 5.26 Å². The number of hydrogen-bond acceptors (Lipinski definition) is 2. The zero-order chi connectivity index (χ0) is 8.97. The summed E-state index contributed by atoms with van der Waals surface area (Å²) >= 11 is 0. The van der Waals surface area contributed by atoms with E-state index < -0.39 is 0 Å². The van der Waals surface area contributed by atoms with Gasteiger partial charge in [0.25, 0.3) is 0 Å². The van der Waals surface area contributed by atoms with Crippen molar-refractivity contribution in [2.75, 3.05) is 7.05 Å². The Bertz CT molecular complexity index is 300. The summed E-state index contributed by atoms with van der Waals surface area (Å²) in [6.45, 7) is 2.00.